The second-order valence-corrected chi connectivity index (χ2v) is 6.35. The minimum atomic E-state index is -0.841. The van der Waals surface area contributed by atoms with Crippen LogP contribution in [0.1, 0.15) is 24.5 Å². The lowest BCUT2D eigenvalue weighted by atomic mass is 10.1. The highest BCUT2D eigenvalue weighted by atomic mass is 16.5. The molecule has 5 nitrogen and oxygen atoms in total. The second kappa shape index (κ2) is 7.87. The Labute approximate surface area is 152 Å². The number of benzene rings is 2. The van der Waals surface area contributed by atoms with Crippen molar-refractivity contribution in [1.82, 2.24) is 4.98 Å². The lowest BCUT2D eigenvalue weighted by Gasteiger charge is -2.13. The van der Waals surface area contributed by atoms with Gasteiger partial charge in [-0.3, -0.25) is 9.59 Å². The fraction of sp³-hybridized carbons (Fsp3) is 0.238. The van der Waals surface area contributed by atoms with E-state index in [0.29, 0.717) is 12.1 Å². The summed E-state index contributed by atoms with van der Waals surface area (Å²) in [5.41, 5.74) is 3.90. The van der Waals surface area contributed by atoms with Crippen LogP contribution in [0.3, 0.4) is 0 Å². The quantitative estimate of drug-likeness (QED) is 0.661. The average Bonchev–Trinajstić information content (AvgIpc) is 3.05. The van der Waals surface area contributed by atoms with Crippen LogP contribution in [0.2, 0.25) is 0 Å². The Hall–Kier alpha value is -3.08. The highest BCUT2D eigenvalue weighted by molar-refractivity contribution is 5.95. The van der Waals surface area contributed by atoms with Crippen LogP contribution in [0.4, 0.5) is 5.69 Å². The molecule has 1 aromatic heterocycles. The fourth-order valence-electron chi connectivity index (χ4n) is 2.77. The third-order valence-electron chi connectivity index (χ3n) is 4.27. The molecule has 2 aromatic carbocycles. The molecule has 3 rings (SSSR count). The summed E-state index contributed by atoms with van der Waals surface area (Å²) < 4.78 is 5.26. The average molecular weight is 350 g/mol. The van der Waals surface area contributed by atoms with Crippen molar-refractivity contribution in [2.75, 3.05) is 5.32 Å². The number of carbonyl (C=O) groups excluding carboxylic acids is 2. The molecule has 0 saturated carbocycles. The van der Waals surface area contributed by atoms with Crippen molar-refractivity contribution in [2.24, 2.45) is 0 Å². The molecule has 0 bridgehead atoms. The molecule has 1 heterocycles. The Morgan fingerprint density at radius 3 is 2.62 bits per heavy atom. The van der Waals surface area contributed by atoms with E-state index < -0.39 is 6.10 Å². The van der Waals surface area contributed by atoms with Crippen LogP contribution in [0, 0.1) is 6.92 Å². The topological polar surface area (TPSA) is 71.2 Å². The third kappa shape index (κ3) is 4.30. The van der Waals surface area contributed by atoms with Crippen LogP contribution in [0.25, 0.3) is 10.9 Å². The minimum Gasteiger partial charge on any atom is -0.453 e. The number of aromatic amines is 1. The van der Waals surface area contributed by atoms with Gasteiger partial charge in [0, 0.05) is 29.2 Å². The van der Waals surface area contributed by atoms with Crippen molar-refractivity contribution < 1.29 is 14.3 Å². The number of hydrogen-bond donors (Lipinski definition) is 2. The zero-order valence-corrected chi connectivity index (χ0v) is 14.9. The van der Waals surface area contributed by atoms with E-state index in [9.17, 15) is 9.59 Å². The zero-order chi connectivity index (χ0) is 18.5. The van der Waals surface area contributed by atoms with Crippen LogP contribution < -0.4 is 5.32 Å². The fourth-order valence-corrected chi connectivity index (χ4v) is 2.77. The van der Waals surface area contributed by atoms with Crippen LogP contribution in [-0.2, 0) is 20.7 Å². The molecule has 0 radical (unpaired) electrons. The summed E-state index contributed by atoms with van der Waals surface area (Å²) in [7, 11) is 0. The van der Waals surface area contributed by atoms with Gasteiger partial charge in [0.15, 0.2) is 6.10 Å². The first-order valence-corrected chi connectivity index (χ1v) is 8.65. The number of para-hydroxylation sites is 1. The van der Waals surface area contributed by atoms with Gasteiger partial charge in [-0.1, -0.05) is 35.9 Å². The lowest BCUT2D eigenvalue weighted by molar-refractivity contribution is -0.153. The predicted octanol–water partition coefficient (Wildman–Crippen LogP) is 3.98. The van der Waals surface area contributed by atoms with Gasteiger partial charge in [0.25, 0.3) is 5.91 Å². The number of hydrogen-bond acceptors (Lipinski definition) is 3. The number of anilines is 1. The molecule has 1 atom stereocenters. The molecule has 0 saturated heterocycles. The number of H-pyrrole nitrogens is 1. The molecule has 0 aliphatic rings. The molecule has 0 fully saturated rings. The van der Waals surface area contributed by atoms with E-state index in [2.05, 4.69) is 10.3 Å². The molecule has 0 aliphatic carbocycles. The molecular formula is C21H22N2O3. The summed E-state index contributed by atoms with van der Waals surface area (Å²) in [6, 6.07) is 15.4. The number of ether oxygens (including phenoxy) is 1. The van der Waals surface area contributed by atoms with E-state index >= 15 is 0 Å². The van der Waals surface area contributed by atoms with Crippen molar-refractivity contribution in [3.8, 4) is 0 Å². The highest BCUT2D eigenvalue weighted by Crippen LogP contribution is 2.19. The predicted molar refractivity (Wildman–Crippen MR) is 102 cm³/mol. The molecule has 134 valence electrons. The molecule has 26 heavy (non-hydrogen) atoms. The van der Waals surface area contributed by atoms with Gasteiger partial charge in [0.2, 0.25) is 0 Å². The monoisotopic (exact) mass is 350 g/mol. The van der Waals surface area contributed by atoms with Crippen molar-refractivity contribution >= 4 is 28.5 Å². The van der Waals surface area contributed by atoms with Crippen molar-refractivity contribution in [3.63, 3.8) is 0 Å². The van der Waals surface area contributed by atoms with Gasteiger partial charge in [0.1, 0.15) is 0 Å². The first-order valence-electron chi connectivity index (χ1n) is 8.65. The summed E-state index contributed by atoms with van der Waals surface area (Å²) in [5, 5.41) is 3.85. The first kappa shape index (κ1) is 17.7. The lowest BCUT2D eigenvalue weighted by Crippen LogP contribution is -2.30. The molecule has 0 unspecified atom stereocenters. The number of amides is 1. The van der Waals surface area contributed by atoms with Crippen molar-refractivity contribution in [3.05, 3.63) is 65.9 Å². The zero-order valence-electron chi connectivity index (χ0n) is 14.9. The van der Waals surface area contributed by atoms with E-state index in [-0.39, 0.29) is 18.3 Å². The van der Waals surface area contributed by atoms with Crippen LogP contribution >= 0.6 is 0 Å². The van der Waals surface area contributed by atoms with E-state index in [1.54, 1.807) is 6.92 Å². The van der Waals surface area contributed by atoms with Gasteiger partial charge >= 0.3 is 5.97 Å². The number of aryl methyl sites for hydroxylation is 2. The molecule has 2 N–H and O–H groups in total. The molecular weight excluding hydrogens is 328 g/mol. The number of esters is 1. The third-order valence-corrected chi connectivity index (χ3v) is 4.27. The molecule has 3 aromatic rings. The van der Waals surface area contributed by atoms with Gasteiger partial charge < -0.3 is 15.0 Å². The van der Waals surface area contributed by atoms with E-state index in [1.165, 1.54) is 0 Å². The minimum absolute atomic E-state index is 0.226. The Bertz CT molecular complexity index is 912. The number of nitrogens with one attached hydrogen (secondary N) is 2. The van der Waals surface area contributed by atoms with Crippen LogP contribution in [0.15, 0.2) is 54.7 Å². The summed E-state index contributed by atoms with van der Waals surface area (Å²) in [4.78, 5) is 27.4. The summed E-state index contributed by atoms with van der Waals surface area (Å²) in [5.74, 6) is -0.726. The van der Waals surface area contributed by atoms with Gasteiger partial charge in [-0.25, -0.2) is 0 Å². The summed E-state index contributed by atoms with van der Waals surface area (Å²) in [6.07, 6.45) is 1.86. The van der Waals surface area contributed by atoms with Gasteiger partial charge in [0.05, 0.1) is 0 Å². The van der Waals surface area contributed by atoms with E-state index in [1.807, 2.05) is 61.7 Å². The molecule has 0 spiro atoms. The highest BCUT2D eigenvalue weighted by Gasteiger charge is 2.18. The van der Waals surface area contributed by atoms with Crippen LogP contribution in [0.5, 0.6) is 0 Å². The maximum absolute atomic E-state index is 12.1. The Morgan fingerprint density at radius 2 is 1.85 bits per heavy atom. The first-order chi connectivity index (χ1) is 12.5. The number of aromatic nitrogens is 1. The second-order valence-electron chi connectivity index (χ2n) is 6.35. The summed E-state index contributed by atoms with van der Waals surface area (Å²) in [6.45, 7) is 3.55. The molecule has 0 aliphatic heterocycles. The van der Waals surface area contributed by atoms with Gasteiger partial charge in [-0.2, -0.15) is 0 Å². The standard InChI is InChI=1S/C21H22N2O3/c1-14-7-10-17(11-8-14)23-21(25)15(2)26-20(24)12-9-16-13-22-19-6-4-3-5-18(16)19/h3-8,10-11,13,15,22H,9,12H2,1-2H3,(H,23,25)/t15-/m1/s1. The van der Waals surface area contributed by atoms with Gasteiger partial charge in [-0.05, 0) is 44.0 Å². The van der Waals surface area contributed by atoms with E-state index in [4.69, 9.17) is 4.74 Å². The Morgan fingerprint density at radius 1 is 1.12 bits per heavy atom. The molecule has 5 heteroatoms. The Kier molecular flexibility index (Phi) is 5.37. The number of fused-ring (bicyclic) bond motifs is 1. The van der Waals surface area contributed by atoms with E-state index in [0.717, 1.165) is 22.0 Å². The van der Waals surface area contributed by atoms with Crippen molar-refractivity contribution in [1.29, 1.82) is 0 Å². The Balaban J connectivity index is 1.50. The number of rotatable bonds is 6. The largest absolute Gasteiger partial charge is 0.453 e. The molecule has 1 amide bonds. The maximum Gasteiger partial charge on any atom is 0.306 e. The van der Waals surface area contributed by atoms with Crippen molar-refractivity contribution in [2.45, 2.75) is 32.8 Å². The smallest absolute Gasteiger partial charge is 0.306 e. The summed E-state index contributed by atoms with van der Waals surface area (Å²) >= 11 is 0. The maximum atomic E-state index is 12.1. The SMILES string of the molecule is Cc1ccc(NC(=O)[C@@H](C)OC(=O)CCc2c[nH]c3ccccc23)cc1. The van der Waals surface area contributed by atoms with Gasteiger partial charge in [-0.15, -0.1) is 0 Å². The number of carbonyl (C=O) groups is 2. The van der Waals surface area contributed by atoms with Crippen LogP contribution in [-0.4, -0.2) is 23.0 Å². The normalized spacial score (nSPS) is 11.9.